The standard InChI is InChI=1S/C16H17ClN2OS/c1-11-14(18)6-3-7-15(11)19-16(20)8-9-21-13-5-2-4-12(17)10-13/h2-7,10H,8-9,18H2,1H3,(H,19,20). The molecule has 21 heavy (non-hydrogen) atoms. The van der Waals surface area contributed by atoms with Gasteiger partial charge in [0.25, 0.3) is 0 Å². The van der Waals surface area contributed by atoms with Crippen molar-refractivity contribution in [2.45, 2.75) is 18.2 Å². The molecule has 0 fully saturated rings. The lowest BCUT2D eigenvalue weighted by atomic mass is 10.1. The van der Waals surface area contributed by atoms with Crippen LogP contribution in [-0.2, 0) is 4.79 Å². The summed E-state index contributed by atoms with van der Waals surface area (Å²) in [6.07, 6.45) is 0.436. The first-order valence-electron chi connectivity index (χ1n) is 6.59. The Morgan fingerprint density at radius 2 is 2.05 bits per heavy atom. The molecule has 0 aliphatic heterocycles. The van der Waals surface area contributed by atoms with Crippen LogP contribution < -0.4 is 11.1 Å². The monoisotopic (exact) mass is 320 g/mol. The van der Waals surface area contributed by atoms with Crippen molar-refractivity contribution in [2.75, 3.05) is 16.8 Å². The molecule has 0 bridgehead atoms. The smallest absolute Gasteiger partial charge is 0.225 e. The second-order valence-corrected chi connectivity index (χ2v) is 6.23. The van der Waals surface area contributed by atoms with Gasteiger partial charge in [-0.25, -0.2) is 0 Å². The van der Waals surface area contributed by atoms with Gasteiger partial charge in [-0.3, -0.25) is 4.79 Å². The Bertz CT molecular complexity index is 646. The molecular formula is C16H17ClN2OS. The molecule has 110 valence electrons. The number of hydrogen-bond donors (Lipinski definition) is 2. The average molecular weight is 321 g/mol. The number of nitrogen functional groups attached to an aromatic ring is 1. The lowest BCUT2D eigenvalue weighted by Crippen LogP contribution is -2.13. The first-order valence-corrected chi connectivity index (χ1v) is 7.96. The Morgan fingerprint density at radius 3 is 2.81 bits per heavy atom. The normalized spacial score (nSPS) is 10.4. The molecule has 1 amide bonds. The Balaban J connectivity index is 1.84. The van der Waals surface area contributed by atoms with E-state index in [2.05, 4.69) is 5.32 Å². The SMILES string of the molecule is Cc1c(N)cccc1NC(=O)CCSc1cccc(Cl)c1. The lowest BCUT2D eigenvalue weighted by molar-refractivity contribution is -0.115. The van der Waals surface area contributed by atoms with Crippen molar-refractivity contribution in [3.63, 3.8) is 0 Å². The minimum atomic E-state index is -0.0155. The zero-order chi connectivity index (χ0) is 15.2. The maximum Gasteiger partial charge on any atom is 0.225 e. The van der Waals surface area contributed by atoms with Crippen molar-refractivity contribution in [3.05, 3.63) is 53.1 Å². The zero-order valence-corrected chi connectivity index (χ0v) is 13.3. The van der Waals surface area contributed by atoms with Gasteiger partial charge in [0, 0.05) is 33.5 Å². The molecular weight excluding hydrogens is 304 g/mol. The van der Waals surface area contributed by atoms with Gasteiger partial charge >= 0.3 is 0 Å². The highest BCUT2D eigenvalue weighted by molar-refractivity contribution is 7.99. The van der Waals surface area contributed by atoms with Crippen molar-refractivity contribution in [1.29, 1.82) is 0 Å². The summed E-state index contributed by atoms with van der Waals surface area (Å²) in [6.45, 7) is 1.89. The molecule has 0 spiro atoms. The molecule has 2 aromatic carbocycles. The van der Waals surface area contributed by atoms with Crippen molar-refractivity contribution in [3.8, 4) is 0 Å². The fraction of sp³-hybridized carbons (Fsp3) is 0.188. The fourth-order valence-corrected chi connectivity index (χ4v) is 2.98. The zero-order valence-electron chi connectivity index (χ0n) is 11.7. The topological polar surface area (TPSA) is 55.1 Å². The van der Waals surface area contributed by atoms with Gasteiger partial charge in [0.2, 0.25) is 5.91 Å². The highest BCUT2D eigenvalue weighted by Crippen LogP contribution is 2.23. The first-order chi connectivity index (χ1) is 10.1. The van der Waals surface area contributed by atoms with Crippen molar-refractivity contribution < 1.29 is 4.79 Å². The Kier molecular flexibility index (Phi) is 5.53. The second-order valence-electron chi connectivity index (χ2n) is 4.62. The second kappa shape index (κ2) is 7.38. The van der Waals surface area contributed by atoms with Gasteiger partial charge in [0.05, 0.1) is 0 Å². The van der Waals surface area contributed by atoms with Gasteiger partial charge in [-0.05, 0) is 42.8 Å². The summed E-state index contributed by atoms with van der Waals surface area (Å²) in [5.41, 5.74) is 8.17. The van der Waals surface area contributed by atoms with Gasteiger partial charge in [-0.15, -0.1) is 11.8 Å². The van der Waals surface area contributed by atoms with E-state index in [4.69, 9.17) is 17.3 Å². The highest BCUT2D eigenvalue weighted by Gasteiger charge is 2.06. The third-order valence-corrected chi connectivity index (χ3v) is 4.27. The van der Waals surface area contributed by atoms with E-state index in [0.717, 1.165) is 16.1 Å². The molecule has 0 saturated carbocycles. The molecule has 0 aromatic heterocycles. The van der Waals surface area contributed by atoms with Gasteiger partial charge in [0.1, 0.15) is 0 Å². The van der Waals surface area contributed by atoms with Crippen LogP contribution in [0.25, 0.3) is 0 Å². The molecule has 0 unspecified atom stereocenters. The number of benzene rings is 2. The predicted octanol–water partition coefficient (Wildman–Crippen LogP) is 4.35. The number of nitrogens with one attached hydrogen (secondary N) is 1. The summed E-state index contributed by atoms with van der Waals surface area (Å²) in [7, 11) is 0. The lowest BCUT2D eigenvalue weighted by Gasteiger charge is -2.10. The molecule has 0 atom stereocenters. The number of amides is 1. The van der Waals surface area contributed by atoms with Crippen LogP contribution in [0.2, 0.25) is 5.02 Å². The molecule has 3 nitrogen and oxygen atoms in total. The fourth-order valence-electron chi connectivity index (χ4n) is 1.82. The molecule has 0 radical (unpaired) electrons. The van der Waals surface area contributed by atoms with E-state index in [0.29, 0.717) is 22.9 Å². The molecule has 0 aliphatic rings. The Labute approximate surface area is 133 Å². The Hall–Kier alpha value is -1.65. The summed E-state index contributed by atoms with van der Waals surface area (Å²) >= 11 is 7.53. The largest absolute Gasteiger partial charge is 0.398 e. The van der Waals surface area contributed by atoms with Crippen LogP contribution in [0.1, 0.15) is 12.0 Å². The number of thioether (sulfide) groups is 1. The molecule has 3 N–H and O–H groups in total. The molecule has 0 aliphatic carbocycles. The molecule has 0 heterocycles. The summed E-state index contributed by atoms with van der Waals surface area (Å²) in [5, 5.41) is 3.60. The first kappa shape index (κ1) is 15.7. The van der Waals surface area contributed by atoms with Gasteiger partial charge in [-0.2, -0.15) is 0 Å². The third-order valence-electron chi connectivity index (χ3n) is 3.04. The summed E-state index contributed by atoms with van der Waals surface area (Å²) in [5.74, 6) is 0.686. The summed E-state index contributed by atoms with van der Waals surface area (Å²) < 4.78 is 0. The predicted molar refractivity (Wildman–Crippen MR) is 91.0 cm³/mol. The van der Waals surface area contributed by atoms with Crippen LogP contribution in [0.3, 0.4) is 0 Å². The quantitative estimate of drug-likeness (QED) is 0.636. The molecule has 0 saturated heterocycles. The van der Waals surface area contributed by atoms with E-state index in [1.807, 2.05) is 49.4 Å². The van der Waals surface area contributed by atoms with Crippen LogP contribution in [0.4, 0.5) is 11.4 Å². The summed E-state index contributed by atoms with van der Waals surface area (Å²) in [4.78, 5) is 13.0. The van der Waals surface area contributed by atoms with Crippen molar-refractivity contribution in [2.24, 2.45) is 0 Å². The maximum absolute atomic E-state index is 11.9. The minimum Gasteiger partial charge on any atom is -0.398 e. The Morgan fingerprint density at radius 1 is 1.29 bits per heavy atom. The minimum absolute atomic E-state index is 0.0155. The van der Waals surface area contributed by atoms with Crippen LogP contribution in [0, 0.1) is 6.92 Å². The van der Waals surface area contributed by atoms with Crippen LogP contribution >= 0.6 is 23.4 Å². The van der Waals surface area contributed by atoms with Gasteiger partial charge in [-0.1, -0.05) is 23.7 Å². The van der Waals surface area contributed by atoms with E-state index in [9.17, 15) is 4.79 Å². The molecule has 2 rings (SSSR count). The number of nitrogens with two attached hydrogens (primary N) is 1. The molecule has 5 heteroatoms. The van der Waals surface area contributed by atoms with Gasteiger partial charge < -0.3 is 11.1 Å². The number of anilines is 2. The van der Waals surface area contributed by atoms with E-state index in [1.54, 1.807) is 11.8 Å². The van der Waals surface area contributed by atoms with Gasteiger partial charge in [0.15, 0.2) is 0 Å². The average Bonchev–Trinajstić information content (AvgIpc) is 2.44. The van der Waals surface area contributed by atoms with E-state index in [-0.39, 0.29) is 5.91 Å². The van der Waals surface area contributed by atoms with E-state index in [1.165, 1.54) is 0 Å². The maximum atomic E-state index is 11.9. The van der Waals surface area contributed by atoms with Crippen LogP contribution in [0.5, 0.6) is 0 Å². The molecule has 2 aromatic rings. The van der Waals surface area contributed by atoms with E-state index < -0.39 is 0 Å². The van der Waals surface area contributed by atoms with Crippen LogP contribution in [0.15, 0.2) is 47.4 Å². The number of rotatable bonds is 5. The van der Waals surface area contributed by atoms with Crippen molar-refractivity contribution in [1.82, 2.24) is 0 Å². The van der Waals surface area contributed by atoms with E-state index >= 15 is 0 Å². The number of carbonyl (C=O) groups is 1. The highest BCUT2D eigenvalue weighted by atomic mass is 35.5. The number of halogens is 1. The number of hydrogen-bond acceptors (Lipinski definition) is 3. The van der Waals surface area contributed by atoms with Crippen molar-refractivity contribution >= 4 is 40.6 Å². The van der Waals surface area contributed by atoms with Crippen LogP contribution in [-0.4, -0.2) is 11.7 Å². The number of carbonyl (C=O) groups excluding carboxylic acids is 1. The third kappa shape index (κ3) is 4.69. The summed E-state index contributed by atoms with van der Waals surface area (Å²) in [6, 6.07) is 13.1.